The molecule has 0 saturated heterocycles. The van der Waals surface area contributed by atoms with Crippen molar-refractivity contribution in [2.24, 2.45) is 7.05 Å². The minimum atomic E-state index is -0.373. The average Bonchev–Trinajstić information content (AvgIpc) is 3.36. The topological polar surface area (TPSA) is 77.0 Å². The number of nitrogens with zero attached hydrogens (tertiary/aromatic N) is 2. The smallest absolute Gasteiger partial charge is 0.354 e. The number of ketones is 1. The zero-order chi connectivity index (χ0) is 21.1. The van der Waals surface area contributed by atoms with Gasteiger partial charge in [-0.1, -0.05) is 36.4 Å². The maximum absolute atomic E-state index is 12.6. The number of ether oxygens (including phenoxy) is 1. The normalized spacial score (nSPS) is 11.0. The number of aromatic amines is 1. The summed E-state index contributed by atoms with van der Waals surface area (Å²) in [7, 11) is 1.83. The molecule has 1 N–H and O–H groups in total. The van der Waals surface area contributed by atoms with Gasteiger partial charge in [-0.2, -0.15) is 5.10 Å². The van der Waals surface area contributed by atoms with Crippen LogP contribution in [0.2, 0.25) is 0 Å². The summed E-state index contributed by atoms with van der Waals surface area (Å²) < 4.78 is 6.77. The van der Waals surface area contributed by atoms with E-state index in [9.17, 15) is 9.59 Å². The molecule has 4 aromatic rings. The van der Waals surface area contributed by atoms with Gasteiger partial charge in [0.2, 0.25) is 0 Å². The van der Waals surface area contributed by atoms with E-state index in [2.05, 4.69) is 10.1 Å². The van der Waals surface area contributed by atoms with Crippen LogP contribution in [0.1, 0.15) is 39.9 Å². The largest absolute Gasteiger partial charge is 0.461 e. The highest BCUT2D eigenvalue weighted by molar-refractivity contribution is 5.97. The van der Waals surface area contributed by atoms with Gasteiger partial charge in [-0.05, 0) is 43.2 Å². The molecule has 6 nitrogen and oxygen atoms in total. The van der Waals surface area contributed by atoms with Crippen molar-refractivity contribution in [2.75, 3.05) is 6.61 Å². The first-order chi connectivity index (χ1) is 14.5. The third-order valence-corrected chi connectivity index (χ3v) is 5.06. The first-order valence-corrected chi connectivity index (χ1v) is 9.96. The molecular weight excluding hydrogens is 378 g/mol. The van der Waals surface area contributed by atoms with E-state index in [0.29, 0.717) is 30.8 Å². The van der Waals surface area contributed by atoms with Gasteiger partial charge in [0.25, 0.3) is 0 Å². The van der Waals surface area contributed by atoms with E-state index in [0.717, 1.165) is 27.7 Å². The summed E-state index contributed by atoms with van der Waals surface area (Å²) >= 11 is 0. The molecule has 0 saturated carbocycles. The molecule has 30 heavy (non-hydrogen) atoms. The molecule has 0 atom stereocenters. The Balaban J connectivity index is 1.55. The first kappa shape index (κ1) is 19.6. The van der Waals surface area contributed by atoms with Crippen LogP contribution in [0, 0.1) is 0 Å². The third-order valence-electron chi connectivity index (χ3n) is 5.06. The molecule has 0 amide bonds. The Morgan fingerprint density at radius 3 is 2.63 bits per heavy atom. The second-order valence-corrected chi connectivity index (χ2v) is 7.15. The fraction of sp³-hybridized carbons (Fsp3) is 0.208. The van der Waals surface area contributed by atoms with Gasteiger partial charge < -0.3 is 9.72 Å². The lowest BCUT2D eigenvalue weighted by Gasteiger charge is -2.01. The fourth-order valence-corrected chi connectivity index (χ4v) is 3.52. The lowest BCUT2D eigenvalue weighted by Crippen LogP contribution is -2.04. The maximum Gasteiger partial charge on any atom is 0.354 e. The van der Waals surface area contributed by atoms with Crippen LogP contribution in [0.25, 0.3) is 22.2 Å². The monoisotopic (exact) mass is 401 g/mol. The van der Waals surface area contributed by atoms with Gasteiger partial charge in [-0.3, -0.25) is 9.48 Å². The number of carbonyl (C=O) groups excluding carboxylic acids is 2. The molecule has 2 aromatic carbocycles. The van der Waals surface area contributed by atoms with E-state index >= 15 is 0 Å². The van der Waals surface area contributed by atoms with Crippen molar-refractivity contribution in [3.63, 3.8) is 0 Å². The lowest BCUT2D eigenvalue weighted by atomic mass is 10.0. The van der Waals surface area contributed by atoms with E-state index in [4.69, 9.17) is 4.74 Å². The molecule has 152 valence electrons. The summed E-state index contributed by atoms with van der Waals surface area (Å²) in [4.78, 5) is 27.7. The Morgan fingerprint density at radius 2 is 1.87 bits per heavy atom. The van der Waals surface area contributed by atoms with Gasteiger partial charge in [-0.25, -0.2) is 4.79 Å². The van der Waals surface area contributed by atoms with Crippen molar-refractivity contribution in [1.29, 1.82) is 0 Å². The molecular formula is C24H23N3O3. The number of fused-ring (bicyclic) bond motifs is 1. The number of rotatable bonds is 7. The predicted molar refractivity (Wildman–Crippen MR) is 116 cm³/mol. The van der Waals surface area contributed by atoms with Gasteiger partial charge in [-0.15, -0.1) is 0 Å². The number of hydrogen-bond acceptors (Lipinski definition) is 4. The molecule has 0 spiro atoms. The van der Waals surface area contributed by atoms with Gasteiger partial charge >= 0.3 is 5.97 Å². The quantitative estimate of drug-likeness (QED) is 0.364. The Labute approximate surface area is 174 Å². The number of carbonyl (C=O) groups is 2. The van der Waals surface area contributed by atoms with E-state index < -0.39 is 0 Å². The third kappa shape index (κ3) is 4.03. The number of aromatic nitrogens is 3. The van der Waals surface area contributed by atoms with Crippen molar-refractivity contribution >= 4 is 22.7 Å². The highest BCUT2D eigenvalue weighted by atomic mass is 16.5. The van der Waals surface area contributed by atoms with Crippen LogP contribution in [-0.4, -0.2) is 33.1 Å². The molecule has 0 radical (unpaired) electrons. The van der Waals surface area contributed by atoms with Gasteiger partial charge in [0.1, 0.15) is 11.4 Å². The van der Waals surface area contributed by atoms with Crippen LogP contribution in [-0.2, 0) is 18.2 Å². The second-order valence-electron chi connectivity index (χ2n) is 7.15. The van der Waals surface area contributed by atoms with E-state index in [1.165, 1.54) is 0 Å². The highest BCUT2D eigenvalue weighted by Crippen LogP contribution is 2.26. The summed E-state index contributed by atoms with van der Waals surface area (Å²) in [5, 5.41) is 5.32. The van der Waals surface area contributed by atoms with E-state index in [1.807, 2.05) is 61.6 Å². The van der Waals surface area contributed by atoms with E-state index in [1.54, 1.807) is 17.7 Å². The predicted octanol–water partition coefficient (Wildman–Crippen LogP) is 4.56. The van der Waals surface area contributed by atoms with Crippen LogP contribution in [0.4, 0.5) is 0 Å². The Hall–Kier alpha value is -3.67. The van der Waals surface area contributed by atoms with Crippen molar-refractivity contribution in [3.05, 3.63) is 77.6 Å². The minimum Gasteiger partial charge on any atom is -0.461 e. The van der Waals surface area contributed by atoms with Gasteiger partial charge in [0.15, 0.2) is 5.78 Å². The molecule has 0 aliphatic carbocycles. The minimum absolute atomic E-state index is 0.0213. The van der Waals surface area contributed by atoms with Gasteiger partial charge in [0.05, 0.1) is 12.3 Å². The summed E-state index contributed by atoms with van der Waals surface area (Å²) in [6, 6.07) is 19.4. The zero-order valence-electron chi connectivity index (χ0n) is 17.0. The van der Waals surface area contributed by atoms with Crippen molar-refractivity contribution < 1.29 is 14.3 Å². The Kier molecular flexibility index (Phi) is 5.48. The average molecular weight is 401 g/mol. The van der Waals surface area contributed by atoms with Crippen LogP contribution in [0.5, 0.6) is 0 Å². The lowest BCUT2D eigenvalue weighted by molar-refractivity contribution is 0.0520. The second kappa shape index (κ2) is 8.37. The van der Waals surface area contributed by atoms with Crippen LogP contribution in [0.15, 0.2) is 60.7 Å². The molecule has 0 aliphatic heterocycles. The SMILES string of the molecule is CCOC(=O)c1cc2cc(-c3cc(C(=O)CCc4ccccc4)nn3C)ccc2[nH]1. The van der Waals surface area contributed by atoms with E-state index in [-0.39, 0.29) is 11.8 Å². The molecule has 4 rings (SSSR count). The van der Waals surface area contributed by atoms with Crippen LogP contribution < -0.4 is 0 Å². The Morgan fingerprint density at radius 1 is 1.07 bits per heavy atom. The molecule has 2 heterocycles. The zero-order valence-corrected chi connectivity index (χ0v) is 17.0. The van der Waals surface area contributed by atoms with Crippen molar-refractivity contribution in [2.45, 2.75) is 19.8 Å². The fourth-order valence-electron chi connectivity index (χ4n) is 3.52. The van der Waals surface area contributed by atoms with Crippen molar-refractivity contribution in [3.8, 4) is 11.3 Å². The summed E-state index contributed by atoms with van der Waals surface area (Å²) in [5.74, 6) is -0.352. The number of esters is 1. The maximum atomic E-state index is 12.6. The molecule has 6 heteroatoms. The standard InChI is InChI=1S/C24H23N3O3/c1-3-30-24(29)21-14-18-13-17(10-11-19(18)25-21)22-15-20(26-27(22)2)23(28)12-9-16-7-5-4-6-8-16/h4-8,10-11,13-15,25H,3,9,12H2,1-2H3. The number of Topliss-reactive ketones (excluding diaryl/α,β-unsaturated/α-hetero) is 1. The van der Waals surface area contributed by atoms with Crippen LogP contribution in [0.3, 0.4) is 0 Å². The number of nitrogens with one attached hydrogen (secondary N) is 1. The number of H-pyrrole nitrogens is 1. The summed E-state index contributed by atoms with van der Waals surface area (Å²) in [6.45, 7) is 2.11. The number of hydrogen-bond donors (Lipinski definition) is 1. The molecule has 0 aliphatic rings. The van der Waals surface area contributed by atoms with Gasteiger partial charge in [0, 0.05) is 29.9 Å². The Bertz CT molecular complexity index is 1210. The number of aryl methyl sites for hydroxylation is 2. The van der Waals surface area contributed by atoms with Crippen molar-refractivity contribution in [1.82, 2.24) is 14.8 Å². The molecule has 0 fully saturated rings. The summed E-state index contributed by atoms with van der Waals surface area (Å²) in [6.07, 6.45) is 1.11. The van der Waals surface area contributed by atoms with Crippen LogP contribution >= 0.6 is 0 Å². The highest BCUT2D eigenvalue weighted by Gasteiger charge is 2.16. The molecule has 2 aromatic heterocycles. The summed E-state index contributed by atoms with van der Waals surface area (Å²) in [5.41, 5.74) is 4.64. The molecule has 0 unspecified atom stereocenters. The molecule has 0 bridgehead atoms. The number of benzene rings is 2. The first-order valence-electron chi connectivity index (χ1n) is 9.96.